The zero-order valence-corrected chi connectivity index (χ0v) is 8.77. The first kappa shape index (κ1) is 10.4. The van der Waals surface area contributed by atoms with Crippen LogP contribution >= 0.6 is 11.8 Å². The molecule has 0 heterocycles. The molecule has 3 N–H and O–H groups in total. The predicted octanol–water partition coefficient (Wildman–Crippen LogP) is 2.05. The summed E-state index contributed by atoms with van der Waals surface area (Å²) < 4.78 is 0. The normalized spacial score (nSPS) is 12.8. The van der Waals surface area contributed by atoms with Gasteiger partial charge in [-0.1, -0.05) is 6.92 Å². The third-order valence-electron chi connectivity index (χ3n) is 1.67. The summed E-state index contributed by atoms with van der Waals surface area (Å²) in [6.07, 6.45) is 0. The Morgan fingerprint density at radius 1 is 1.46 bits per heavy atom. The molecule has 0 aliphatic carbocycles. The molecule has 1 atom stereocenters. The Balaban J connectivity index is 2.77. The van der Waals surface area contributed by atoms with E-state index in [1.807, 2.05) is 26.0 Å². The number of benzene rings is 1. The number of rotatable bonds is 3. The number of nitrogens with two attached hydrogens (primary N) is 1. The second-order valence-corrected chi connectivity index (χ2v) is 4.70. The zero-order chi connectivity index (χ0) is 9.84. The van der Waals surface area contributed by atoms with Crippen molar-refractivity contribution in [2.24, 2.45) is 0 Å². The Bertz CT molecular complexity index is 268. The number of aliphatic hydroxyl groups is 1. The van der Waals surface area contributed by atoms with Gasteiger partial charge in [0.2, 0.25) is 0 Å². The Labute approximate surface area is 83.1 Å². The minimum Gasteiger partial charge on any atom is -0.399 e. The van der Waals surface area contributed by atoms with Gasteiger partial charge in [-0.05, 0) is 30.7 Å². The van der Waals surface area contributed by atoms with Crippen molar-refractivity contribution in [1.82, 2.24) is 0 Å². The Morgan fingerprint density at radius 2 is 2.15 bits per heavy atom. The molecule has 0 aromatic heterocycles. The molecule has 3 heteroatoms. The molecule has 1 aromatic carbocycles. The van der Waals surface area contributed by atoms with E-state index < -0.39 is 0 Å². The van der Waals surface area contributed by atoms with Gasteiger partial charge in [0.1, 0.15) is 0 Å². The summed E-state index contributed by atoms with van der Waals surface area (Å²) in [5, 5.41) is 9.11. The third-order valence-corrected chi connectivity index (χ3v) is 2.73. The maximum absolute atomic E-state index is 8.88. The maximum atomic E-state index is 8.88. The second kappa shape index (κ2) is 4.53. The first-order valence-electron chi connectivity index (χ1n) is 4.26. The van der Waals surface area contributed by atoms with Crippen LogP contribution in [0.25, 0.3) is 0 Å². The molecule has 72 valence electrons. The molecule has 1 rings (SSSR count). The van der Waals surface area contributed by atoms with Crippen molar-refractivity contribution in [2.45, 2.75) is 24.0 Å². The summed E-state index contributed by atoms with van der Waals surface area (Å²) in [6, 6.07) is 5.95. The molecule has 0 aliphatic rings. The molecule has 0 bridgehead atoms. The van der Waals surface area contributed by atoms with Crippen molar-refractivity contribution in [3.05, 3.63) is 23.8 Å². The van der Waals surface area contributed by atoms with Crippen molar-refractivity contribution in [3.63, 3.8) is 0 Å². The molecule has 13 heavy (non-hydrogen) atoms. The fraction of sp³-hybridized carbons (Fsp3) is 0.400. The van der Waals surface area contributed by atoms with Crippen LogP contribution in [0.2, 0.25) is 0 Å². The molecule has 0 aliphatic heterocycles. The lowest BCUT2D eigenvalue weighted by Gasteiger charge is -2.08. The lowest BCUT2D eigenvalue weighted by atomic mass is 10.2. The van der Waals surface area contributed by atoms with Gasteiger partial charge >= 0.3 is 0 Å². The summed E-state index contributed by atoms with van der Waals surface area (Å²) in [6.45, 7) is 4.20. The van der Waals surface area contributed by atoms with Gasteiger partial charge in [-0.15, -0.1) is 11.8 Å². The molecule has 1 unspecified atom stereocenters. The van der Waals surface area contributed by atoms with Gasteiger partial charge < -0.3 is 10.8 Å². The van der Waals surface area contributed by atoms with Crippen LogP contribution in [-0.4, -0.2) is 17.0 Å². The first-order valence-corrected chi connectivity index (χ1v) is 5.14. The number of aliphatic hydroxyl groups excluding tert-OH is 1. The predicted molar refractivity (Wildman–Crippen MR) is 58.0 cm³/mol. The van der Waals surface area contributed by atoms with Gasteiger partial charge in [-0.25, -0.2) is 0 Å². The number of anilines is 1. The molecular weight excluding hydrogens is 182 g/mol. The topological polar surface area (TPSA) is 46.2 Å². The smallest absolute Gasteiger partial charge is 0.0550 e. The average molecular weight is 197 g/mol. The molecule has 0 saturated heterocycles. The van der Waals surface area contributed by atoms with E-state index >= 15 is 0 Å². The summed E-state index contributed by atoms with van der Waals surface area (Å²) in [5.41, 5.74) is 7.65. The highest BCUT2D eigenvalue weighted by molar-refractivity contribution is 8.00. The summed E-state index contributed by atoms with van der Waals surface area (Å²) in [5.74, 6) is 0. The molecular formula is C10H15NOS. The number of thioether (sulfide) groups is 1. The van der Waals surface area contributed by atoms with Gasteiger partial charge in [0.15, 0.2) is 0 Å². The van der Waals surface area contributed by atoms with Gasteiger partial charge in [-0.2, -0.15) is 0 Å². The number of hydrogen-bond donors (Lipinski definition) is 2. The summed E-state index contributed by atoms with van der Waals surface area (Å²) >= 11 is 1.64. The van der Waals surface area contributed by atoms with E-state index in [1.165, 1.54) is 0 Å². The zero-order valence-electron chi connectivity index (χ0n) is 7.95. The van der Waals surface area contributed by atoms with Crippen LogP contribution in [-0.2, 0) is 0 Å². The standard InChI is InChI=1S/C10H15NOS/c1-7-3-9(11)5-10(4-7)13-8(2)6-12/h3-5,8,12H,6,11H2,1-2H3. The molecule has 0 amide bonds. The SMILES string of the molecule is Cc1cc(N)cc(SC(C)CO)c1. The largest absolute Gasteiger partial charge is 0.399 e. The third kappa shape index (κ3) is 3.28. The van der Waals surface area contributed by atoms with Gasteiger partial charge in [0.25, 0.3) is 0 Å². The fourth-order valence-electron chi connectivity index (χ4n) is 1.11. The molecule has 0 radical (unpaired) electrons. The van der Waals surface area contributed by atoms with Crippen molar-refractivity contribution in [1.29, 1.82) is 0 Å². The van der Waals surface area contributed by atoms with Gasteiger partial charge in [-0.3, -0.25) is 0 Å². The highest BCUT2D eigenvalue weighted by Crippen LogP contribution is 2.25. The van der Waals surface area contributed by atoms with E-state index in [2.05, 4.69) is 6.07 Å². The van der Waals surface area contributed by atoms with Crippen LogP contribution in [0.5, 0.6) is 0 Å². The summed E-state index contributed by atoms with van der Waals surface area (Å²) in [7, 11) is 0. The highest BCUT2D eigenvalue weighted by atomic mass is 32.2. The molecule has 0 spiro atoms. The van der Waals surface area contributed by atoms with Crippen LogP contribution in [0.3, 0.4) is 0 Å². The first-order chi connectivity index (χ1) is 6.11. The van der Waals surface area contributed by atoms with Gasteiger partial charge in [0.05, 0.1) is 6.61 Å². The average Bonchev–Trinajstić information content (AvgIpc) is 2.02. The van der Waals surface area contributed by atoms with E-state index in [0.29, 0.717) is 0 Å². The highest BCUT2D eigenvalue weighted by Gasteiger charge is 2.03. The monoisotopic (exact) mass is 197 g/mol. The van der Waals surface area contributed by atoms with Crippen LogP contribution < -0.4 is 5.73 Å². The van der Waals surface area contributed by atoms with E-state index in [4.69, 9.17) is 10.8 Å². The molecule has 0 fully saturated rings. The van der Waals surface area contributed by atoms with E-state index in [0.717, 1.165) is 16.1 Å². The van der Waals surface area contributed by atoms with E-state index in [9.17, 15) is 0 Å². The van der Waals surface area contributed by atoms with E-state index in [-0.39, 0.29) is 11.9 Å². The minimum absolute atomic E-state index is 0.193. The van der Waals surface area contributed by atoms with Crippen molar-refractivity contribution >= 4 is 17.4 Å². The lowest BCUT2D eigenvalue weighted by molar-refractivity contribution is 0.300. The fourth-order valence-corrected chi connectivity index (χ4v) is 2.11. The van der Waals surface area contributed by atoms with Crippen molar-refractivity contribution in [3.8, 4) is 0 Å². The van der Waals surface area contributed by atoms with Crippen molar-refractivity contribution in [2.75, 3.05) is 12.3 Å². The Morgan fingerprint density at radius 3 is 2.69 bits per heavy atom. The minimum atomic E-state index is 0.193. The second-order valence-electron chi connectivity index (χ2n) is 3.19. The Kier molecular flexibility index (Phi) is 3.63. The van der Waals surface area contributed by atoms with Crippen molar-refractivity contribution < 1.29 is 5.11 Å². The number of hydrogen-bond acceptors (Lipinski definition) is 3. The quantitative estimate of drug-likeness (QED) is 0.576. The number of nitrogen functional groups attached to an aromatic ring is 1. The van der Waals surface area contributed by atoms with Gasteiger partial charge in [0, 0.05) is 15.8 Å². The van der Waals surface area contributed by atoms with Crippen LogP contribution in [0, 0.1) is 6.92 Å². The molecule has 2 nitrogen and oxygen atoms in total. The van der Waals surface area contributed by atoms with Crippen LogP contribution in [0.15, 0.2) is 23.1 Å². The molecule has 0 saturated carbocycles. The maximum Gasteiger partial charge on any atom is 0.0550 e. The Hall–Kier alpha value is -0.670. The lowest BCUT2D eigenvalue weighted by Crippen LogP contribution is -2.01. The number of aryl methyl sites for hydroxylation is 1. The van der Waals surface area contributed by atoms with Crippen LogP contribution in [0.4, 0.5) is 5.69 Å². The summed E-state index contributed by atoms with van der Waals surface area (Å²) in [4.78, 5) is 1.12. The van der Waals surface area contributed by atoms with Crippen LogP contribution in [0.1, 0.15) is 12.5 Å². The van der Waals surface area contributed by atoms with E-state index in [1.54, 1.807) is 11.8 Å². The molecule has 1 aromatic rings.